The lowest BCUT2D eigenvalue weighted by atomic mass is 10.1. The van der Waals surface area contributed by atoms with E-state index >= 15 is 0 Å². The zero-order valence-corrected chi connectivity index (χ0v) is 17.8. The number of piperazine rings is 1. The Hall–Kier alpha value is -1.84. The van der Waals surface area contributed by atoms with Crippen molar-refractivity contribution in [3.8, 4) is 10.6 Å². The van der Waals surface area contributed by atoms with E-state index < -0.39 is 0 Å². The molecule has 1 N–H and O–H groups in total. The van der Waals surface area contributed by atoms with E-state index in [0.717, 1.165) is 75.3 Å². The molecule has 0 spiro atoms. The van der Waals surface area contributed by atoms with Gasteiger partial charge in [-0.2, -0.15) is 0 Å². The Balaban J connectivity index is 1.33. The summed E-state index contributed by atoms with van der Waals surface area (Å²) in [4.78, 5) is 21.8. The van der Waals surface area contributed by atoms with E-state index in [2.05, 4.69) is 46.5 Å². The van der Waals surface area contributed by atoms with Gasteiger partial charge in [0.15, 0.2) is 0 Å². The highest BCUT2D eigenvalue weighted by molar-refractivity contribution is 7.13. The number of likely N-dealkylation sites (N-methyl/N-ethyl adjacent to an activating group) is 1. The summed E-state index contributed by atoms with van der Waals surface area (Å²) < 4.78 is 5.43. The van der Waals surface area contributed by atoms with E-state index in [-0.39, 0.29) is 5.91 Å². The van der Waals surface area contributed by atoms with E-state index in [1.807, 2.05) is 10.4 Å². The van der Waals surface area contributed by atoms with Crippen LogP contribution in [-0.4, -0.2) is 85.2 Å². The van der Waals surface area contributed by atoms with Crippen LogP contribution >= 0.6 is 11.3 Å². The Bertz CT molecular complexity index is 813. The van der Waals surface area contributed by atoms with Crippen LogP contribution in [0.3, 0.4) is 0 Å². The molecule has 7 nitrogen and oxygen atoms in total. The summed E-state index contributed by atoms with van der Waals surface area (Å²) in [6, 6.07) is 8.56. The third-order valence-electron chi connectivity index (χ3n) is 5.36. The van der Waals surface area contributed by atoms with Crippen molar-refractivity contribution in [1.82, 2.24) is 25.2 Å². The van der Waals surface area contributed by atoms with Crippen molar-refractivity contribution in [2.75, 3.05) is 59.5 Å². The predicted octanol–water partition coefficient (Wildman–Crippen LogP) is 1.46. The minimum Gasteiger partial charge on any atom is -0.379 e. The Labute approximate surface area is 176 Å². The van der Waals surface area contributed by atoms with E-state index in [0.29, 0.717) is 6.42 Å². The molecule has 8 heteroatoms. The average Bonchev–Trinajstić information content (AvgIpc) is 3.19. The second-order valence-corrected chi connectivity index (χ2v) is 8.59. The Morgan fingerprint density at radius 3 is 2.76 bits per heavy atom. The quantitative estimate of drug-likeness (QED) is 0.771. The van der Waals surface area contributed by atoms with Crippen molar-refractivity contribution >= 4 is 17.2 Å². The number of ether oxygens (including phenoxy) is 1. The highest BCUT2D eigenvalue weighted by Gasteiger charge is 2.17. The van der Waals surface area contributed by atoms with Crippen LogP contribution in [0, 0.1) is 0 Å². The fourth-order valence-corrected chi connectivity index (χ4v) is 4.46. The molecule has 1 aromatic heterocycles. The van der Waals surface area contributed by atoms with E-state index in [1.165, 1.54) is 5.56 Å². The normalized spacial score (nSPS) is 19.3. The van der Waals surface area contributed by atoms with Crippen molar-refractivity contribution in [2.45, 2.75) is 13.0 Å². The number of carbonyl (C=O) groups excluding carboxylic acids is 1. The number of benzene rings is 1. The molecule has 2 aliphatic heterocycles. The van der Waals surface area contributed by atoms with Crippen molar-refractivity contribution < 1.29 is 9.53 Å². The van der Waals surface area contributed by atoms with Crippen LogP contribution in [0.15, 0.2) is 29.6 Å². The van der Waals surface area contributed by atoms with Gasteiger partial charge in [-0.05, 0) is 18.7 Å². The largest absolute Gasteiger partial charge is 0.379 e. The number of amides is 1. The lowest BCUT2D eigenvalue weighted by Gasteiger charge is -2.32. The fourth-order valence-electron chi connectivity index (χ4n) is 3.64. The maximum absolute atomic E-state index is 12.4. The first kappa shape index (κ1) is 20.4. The van der Waals surface area contributed by atoms with Crippen LogP contribution in [0.1, 0.15) is 11.3 Å². The zero-order chi connectivity index (χ0) is 20.1. The first-order chi connectivity index (χ1) is 14.2. The van der Waals surface area contributed by atoms with Crippen LogP contribution in [0.25, 0.3) is 10.6 Å². The van der Waals surface area contributed by atoms with Gasteiger partial charge in [-0.15, -0.1) is 11.3 Å². The van der Waals surface area contributed by atoms with Crippen molar-refractivity contribution in [2.24, 2.45) is 0 Å². The molecule has 2 aromatic rings. The van der Waals surface area contributed by atoms with Gasteiger partial charge in [0.05, 0.1) is 25.3 Å². The molecule has 1 aromatic carbocycles. The number of rotatable bonds is 6. The highest BCUT2D eigenvalue weighted by Crippen LogP contribution is 2.25. The van der Waals surface area contributed by atoms with Gasteiger partial charge in [0.25, 0.3) is 0 Å². The van der Waals surface area contributed by atoms with Crippen molar-refractivity contribution in [1.29, 1.82) is 0 Å². The summed E-state index contributed by atoms with van der Waals surface area (Å²) in [7, 11) is 2.10. The Morgan fingerprint density at radius 2 is 1.97 bits per heavy atom. The molecule has 0 atom stereocenters. The number of hydrogen-bond donors (Lipinski definition) is 1. The summed E-state index contributed by atoms with van der Waals surface area (Å²) in [6.45, 7) is 8.19. The predicted molar refractivity (Wildman–Crippen MR) is 115 cm³/mol. The van der Waals surface area contributed by atoms with Gasteiger partial charge in [0, 0.05) is 56.8 Å². The molecule has 4 rings (SSSR count). The maximum Gasteiger partial charge on any atom is 0.240 e. The smallest absolute Gasteiger partial charge is 0.240 e. The lowest BCUT2D eigenvalue weighted by molar-refractivity contribution is -0.126. The molecule has 0 aliphatic carbocycles. The second kappa shape index (κ2) is 9.77. The van der Waals surface area contributed by atoms with Crippen molar-refractivity contribution in [3.63, 3.8) is 0 Å². The molecule has 2 saturated heterocycles. The molecule has 0 radical (unpaired) electrons. The fraction of sp³-hybridized carbons (Fsp3) is 0.524. The molecule has 2 aliphatic rings. The first-order valence-corrected chi connectivity index (χ1v) is 11.1. The molecule has 2 fully saturated rings. The van der Waals surface area contributed by atoms with Gasteiger partial charge < -0.3 is 9.64 Å². The minimum absolute atomic E-state index is 0.00692. The third-order valence-corrected chi connectivity index (χ3v) is 6.30. The number of carbonyl (C=O) groups is 1. The van der Waals surface area contributed by atoms with Crippen LogP contribution in [-0.2, 0) is 22.5 Å². The van der Waals surface area contributed by atoms with Crippen LogP contribution in [0.4, 0.5) is 0 Å². The molecule has 29 heavy (non-hydrogen) atoms. The van der Waals surface area contributed by atoms with Crippen molar-refractivity contribution in [3.05, 3.63) is 40.9 Å². The number of morpholine rings is 1. The SMILES string of the molecule is CN1CCN(NC(=O)Cc2csc(-c3cccc(CN4CCOCC4)c3)n2)CC1. The van der Waals surface area contributed by atoms with E-state index in [4.69, 9.17) is 9.72 Å². The molecule has 0 unspecified atom stereocenters. The van der Waals surface area contributed by atoms with Gasteiger partial charge in [-0.25, -0.2) is 9.99 Å². The molecule has 0 saturated carbocycles. The lowest BCUT2D eigenvalue weighted by Crippen LogP contribution is -2.52. The molecule has 156 valence electrons. The average molecular weight is 416 g/mol. The number of hydrazine groups is 1. The van der Waals surface area contributed by atoms with E-state index in [9.17, 15) is 4.79 Å². The molecule has 1 amide bonds. The number of hydrogen-bond acceptors (Lipinski definition) is 7. The monoisotopic (exact) mass is 415 g/mol. The molecular weight excluding hydrogens is 386 g/mol. The standard InChI is InChI=1S/C21H29N5O2S/c1-24-5-7-26(8-6-24)23-20(27)14-19-16-29-21(22-19)18-4-2-3-17(13-18)15-25-9-11-28-12-10-25/h2-4,13,16H,5-12,14-15H2,1H3,(H,23,27). The highest BCUT2D eigenvalue weighted by atomic mass is 32.1. The number of aromatic nitrogens is 1. The van der Waals surface area contributed by atoms with Gasteiger partial charge >= 0.3 is 0 Å². The summed E-state index contributed by atoms with van der Waals surface area (Å²) in [6.07, 6.45) is 0.316. The third kappa shape index (κ3) is 5.83. The van der Waals surface area contributed by atoms with Gasteiger partial charge in [0.1, 0.15) is 5.01 Å². The van der Waals surface area contributed by atoms with E-state index in [1.54, 1.807) is 11.3 Å². The first-order valence-electron chi connectivity index (χ1n) is 10.2. The summed E-state index contributed by atoms with van der Waals surface area (Å²) in [5.41, 5.74) is 6.24. The Morgan fingerprint density at radius 1 is 1.17 bits per heavy atom. The summed E-state index contributed by atoms with van der Waals surface area (Å²) in [5.74, 6) is 0.00692. The van der Waals surface area contributed by atoms with Crippen LogP contribution in [0.5, 0.6) is 0 Å². The Kier molecular flexibility index (Phi) is 6.89. The van der Waals surface area contributed by atoms with Gasteiger partial charge in [-0.1, -0.05) is 18.2 Å². The van der Waals surface area contributed by atoms with Crippen LogP contribution < -0.4 is 5.43 Å². The van der Waals surface area contributed by atoms with Crippen LogP contribution in [0.2, 0.25) is 0 Å². The van der Waals surface area contributed by atoms with Gasteiger partial charge in [0.2, 0.25) is 5.91 Å². The molecular formula is C21H29N5O2S. The zero-order valence-electron chi connectivity index (χ0n) is 17.0. The molecule has 0 bridgehead atoms. The number of nitrogens with one attached hydrogen (secondary N) is 1. The minimum atomic E-state index is 0.00692. The maximum atomic E-state index is 12.4. The summed E-state index contributed by atoms with van der Waals surface area (Å²) in [5, 5.41) is 4.97. The second-order valence-electron chi connectivity index (χ2n) is 7.73. The topological polar surface area (TPSA) is 60.9 Å². The molecule has 3 heterocycles. The number of thiazole rings is 1. The number of nitrogens with zero attached hydrogens (tertiary/aromatic N) is 4. The van der Waals surface area contributed by atoms with Gasteiger partial charge in [-0.3, -0.25) is 15.1 Å². The summed E-state index contributed by atoms with van der Waals surface area (Å²) >= 11 is 1.60.